The van der Waals surface area contributed by atoms with Crippen molar-refractivity contribution in [1.82, 2.24) is 19.8 Å². The quantitative estimate of drug-likeness (QED) is 0.712. The molecule has 0 aliphatic rings. The monoisotopic (exact) mass is 370 g/mol. The van der Waals surface area contributed by atoms with Gasteiger partial charge >= 0.3 is 5.69 Å². The first-order valence-electron chi connectivity index (χ1n) is 7.62. The topological polar surface area (TPSA) is 82.2 Å². The van der Waals surface area contributed by atoms with E-state index in [2.05, 4.69) is 16.3 Å². The van der Waals surface area contributed by atoms with Gasteiger partial charge in [0.15, 0.2) is 0 Å². The van der Waals surface area contributed by atoms with Gasteiger partial charge in [-0.3, -0.25) is 0 Å². The Morgan fingerprint density at radius 1 is 1.35 bits per heavy atom. The van der Waals surface area contributed by atoms with Gasteiger partial charge in [0.2, 0.25) is 0 Å². The number of phenols is 1. The molecule has 0 aliphatic heterocycles. The van der Waals surface area contributed by atoms with Crippen molar-refractivity contribution in [2.75, 3.05) is 0 Å². The first-order chi connectivity index (χ1) is 12.4. The molecule has 0 atom stereocenters. The standard InChI is InChI=1S/C18H15ClN4O3/c1-4-12-6-5-7-15(23-18(25)22(3)20-21-23)13(12)10-26-17-9-14(19)16(24)8-11(17)2/h1,5-9,24H,10H2,2-3H3. The summed E-state index contributed by atoms with van der Waals surface area (Å²) >= 11 is 5.95. The third-order valence-corrected chi connectivity index (χ3v) is 4.18. The van der Waals surface area contributed by atoms with Crippen LogP contribution in [0.25, 0.3) is 5.69 Å². The zero-order chi connectivity index (χ0) is 18.8. The van der Waals surface area contributed by atoms with Gasteiger partial charge in [-0.15, -0.1) is 6.42 Å². The molecule has 132 valence electrons. The number of rotatable bonds is 4. The van der Waals surface area contributed by atoms with Gasteiger partial charge in [0, 0.05) is 24.2 Å². The Kier molecular flexibility index (Phi) is 4.69. The van der Waals surface area contributed by atoms with E-state index in [-0.39, 0.29) is 17.4 Å². The predicted molar refractivity (Wildman–Crippen MR) is 96.7 cm³/mol. The maximum absolute atomic E-state index is 12.2. The number of aromatic nitrogens is 4. The van der Waals surface area contributed by atoms with E-state index in [0.717, 1.165) is 9.36 Å². The fourth-order valence-corrected chi connectivity index (χ4v) is 2.63. The van der Waals surface area contributed by atoms with Crippen LogP contribution in [0.2, 0.25) is 5.02 Å². The van der Waals surface area contributed by atoms with Crippen LogP contribution >= 0.6 is 11.6 Å². The number of phenolic OH excluding ortho intramolecular Hbond substituents is 1. The van der Waals surface area contributed by atoms with Gasteiger partial charge in [-0.05, 0) is 41.1 Å². The van der Waals surface area contributed by atoms with Crippen molar-refractivity contribution in [3.05, 3.63) is 62.5 Å². The molecule has 2 aromatic carbocycles. The molecular formula is C18H15ClN4O3. The van der Waals surface area contributed by atoms with Crippen LogP contribution in [0, 0.1) is 19.3 Å². The Morgan fingerprint density at radius 3 is 2.77 bits per heavy atom. The fourth-order valence-electron chi connectivity index (χ4n) is 2.48. The highest BCUT2D eigenvalue weighted by molar-refractivity contribution is 6.32. The minimum Gasteiger partial charge on any atom is -0.506 e. The summed E-state index contributed by atoms with van der Waals surface area (Å²) in [6.07, 6.45) is 5.60. The van der Waals surface area contributed by atoms with E-state index in [1.165, 1.54) is 19.2 Å². The summed E-state index contributed by atoms with van der Waals surface area (Å²) in [6, 6.07) is 8.24. The minimum absolute atomic E-state index is 0.0210. The molecule has 7 nitrogen and oxygen atoms in total. The van der Waals surface area contributed by atoms with Crippen molar-refractivity contribution in [3.8, 4) is 29.5 Å². The van der Waals surface area contributed by atoms with Crippen molar-refractivity contribution >= 4 is 11.6 Å². The number of benzene rings is 2. The molecule has 0 unspecified atom stereocenters. The van der Waals surface area contributed by atoms with Gasteiger partial charge in [0.1, 0.15) is 18.1 Å². The molecule has 0 amide bonds. The maximum Gasteiger partial charge on any atom is 0.368 e. The molecule has 0 saturated heterocycles. The molecule has 0 radical (unpaired) electrons. The second-order valence-corrected chi connectivity index (χ2v) is 6.01. The summed E-state index contributed by atoms with van der Waals surface area (Å²) < 4.78 is 8.13. The Balaban J connectivity index is 2.03. The molecule has 0 spiro atoms. The number of aryl methyl sites for hydroxylation is 2. The number of aromatic hydroxyl groups is 1. The molecule has 0 fully saturated rings. The van der Waals surface area contributed by atoms with Crippen LogP contribution in [0.4, 0.5) is 0 Å². The van der Waals surface area contributed by atoms with Crippen LogP contribution < -0.4 is 10.4 Å². The lowest BCUT2D eigenvalue weighted by molar-refractivity contribution is 0.302. The fraction of sp³-hybridized carbons (Fsp3) is 0.167. The zero-order valence-electron chi connectivity index (χ0n) is 14.1. The Labute approximate surface area is 154 Å². The molecular weight excluding hydrogens is 356 g/mol. The highest BCUT2D eigenvalue weighted by Gasteiger charge is 2.15. The summed E-state index contributed by atoms with van der Waals surface area (Å²) in [5, 5.41) is 17.4. The number of nitrogens with zero attached hydrogens (tertiary/aromatic N) is 4. The molecule has 3 rings (SSSR count). The molecule has 0 aliphatic carbocycles. The third-order valence-electron chi connectivity index (χ3n) is 3.87. The van der Waals surface area contributed by atoms with Crippen LogP contribution in [-0.4, -0.2) is 24.9 Å². The molecule has 1 N–H and O–H groups in total. The average molecular weight is 371 g/mol. The molecule has 0 bridgehead atoms. The first-order valence-corrected chi connectivity index (χ1v) is 8.00. The maximum atomic E-state index is 12.2. The van der Waals surface area contributed by atoms with E-state index in [1.54, 1.807) is 25.1 Å². The van der Waals surface area contributed by atoms with E-state index in [0.29, 0.717) is 28.1 Å². The smallest absolute Gasteiger partial charge is 0.368 e. The van der Waals surface area contributed by atoms with Crippen molar-refractivity contribution in [1.29, 1.82) is 0 Å². The number of halogens is 1. The first kappa shape index (κ1) is 17.6. The number of hydrogen-bond acceptors (Lipinski definition) is 5. The second kappa shape index (κ2) is 6.94. The third kappa shape index (κ3) is 3.15. The molecule has 26 heavy (non-hydrogen) atoms. The number of hydrogen-bond donors (Lipinski definition) is 1. The van der Waals surface area contributed by atoms with Crippen molar-refractivity contribution < 1.29 is 9.84 Å². The molecule has 1 heterocycles. The lowest BCUT2D eigenvalue weighted by atomic mass is 10.1. The van der Waals surface area contributed by atoms with Gasteiger partial charge < -0.3 is 9.84 Å². The van der Waals surface area contributed by atoms with Crippen molar-refractivity contribution in [2.45, 2.75) is 13.5 Å². The van der Waals surface area contributed by atoms with Crippen LogP contribution in [0.15, 0.2) is 35.1 Å². The lowest BCUT2D eigenvalue weighted by Crippen LogP contribution is -2.23. The SMILES string of the molecule is C#Cc1cccc(-n2nnn(C)c2=O)c1COc1cc(Cl)c(O)cc1C. The zero-order valence-corrected chi connectivity index (χ0v) is 14.9. The largest absolute Gasteiger partial charge is 0.506 e. The second-order valence-electron chi connectivity index (χ2n) is 5.60. The van der Waals surface area contributed by atoms with E-state index in [1.807, 2.05) is 0 Å². The summed E-state index contributed by atoms with van der Waals surface area (Å²) in [6.45, 7) is 1.87. The van der Waals surface area contributed by atoms with Crippen molar-refractivity contribution in [2.24, 2.45) is 7.05 Å². The van der Waals surface area contributed by atoms with Crippen LogP contribution in [0.3, 0.4) is 0 Å². The van der Waals surface area contributed by atoms with Gasteiger partial charge in [-0.2, -0.15) is 9.36 Å². The summed E-state index contributed by atoms with van der Waals surface area (Å²) in [5.41, 5.74) is 1.98. The predicted octanol–water partition coefficient (Wildman–Crippen LogP) is 2.19. The molecule has 1 aromatic heterocycles. The van der Waals surface area contributed by atoms with E-state index in [9.17, 15) is 9.90 Å². The summed E-state index contributed by atoms with van der Waals surface area (Å²) in [4.78, 5) is 12.2. The molecule has 8 heteroatoms. The van der Waals surface area contributed by atoms with E-state index in [4.69, 9.17) is 22.8 Å². The van der Waals surface area contributed by atoms with Gasteiger partial charge in [0.05, 0.1) is 10.7 Å². The summed E-state index contributed by atoms with van der Waals surface area (Å²) in [7, 11) is 1.51. The van der Waals surface area contributed by atoms with Crippen LogP contribution in [-0.2, 0) is 13.7 Å². The lowest BCUT2D eigenvalue weighted by Gasteiger charge is -2.14. The molecule has 3 aromatic rings. The van der Waals surface area contributed by atoms with Gasteiger partial charge in [0.25, 0.3) is 0 Å². The number of tetrazole rings is 1. The average Bonchev–Trinajstić information content (AvgIpc) is 2.95. The number of ether oxygens (including phenoxy) is 1. The van der Waals surface area contributed by atoms with Gasteiger partial charge in [-0.1, -0.05) is 23.6 Å². The van der Waals surface area contributed by atoms with Crippen LogP contribution in [0.5, 0.6) is 11.5 Å². The Morgan fingerprint density at radius 2 is 2.12 bits per heavy atom. The normalized spacial score (nSPS) is 10.5. The number of terminal acetylenes is 1. The van der Waals surface area contributed by atoms with Crippen molar-refractivity contribution in [3.63, 3.8) is 0 Å². The Hall–Kier alpha value is -3.24. The Bertz CT molecular complexity index is 1080. The van der Waals surface area contributed by atoms with Gasteiger partial charge in [-0.25, -0.2) is 4.79 Å². The highest BCUT2D eigenvalue weighted by Crippen LogP contribution is 2.32. The highest BCUT2D eigenvalue weighted by atomic mass is 35.5. The minimum atomic E-state index is -0.399. The van der Waals surface area contributed by atoms with E-state index < -0.39 is 5.69 Å². The van der Waals surface area contributed by atoms with Crippen LogP contribution in [0.1, 0.15) is 16.7 Å². The molecule has 0 saturated carbocycles. The van der Waals surface area contributed by atoms with E-state index >= 15 is 0 Å². The summed E-state index contributed by atoms with van der Waals surface area (Å²) in [5.74, 6) is 3.06.